The molecule has 1 fully saturated rings. The van der Waals surface area contributed by atoms with Crippen molar-refractivity contribution in [3.05, 3.63) is 46.0 Å². The zero-order valence-corrected chi connectivity index (χ0v) is 28.1. The number of carbonyl (C=O) groups excluding carboxylic acids is 2. The summed E-state index contributed by atoms with van der Waals surface area (Å²) in [5, 5.41) is 0. The van der Waals surface area contributed by atoms with Crippen LogP contribution in [0.5, 0.6) is 0 Å². The van der Waals surface area contributed by atoms with Crippen LogP contribution >= 0.6 is 0 Å². The minimum atomic E-state index is -0.641. The average molecular weight is 555 g/mol. The van der Waals surface area contributed by atoms with Crippen LogP contribution in [-0.2, 0) is 32.6 Å². The van der Waals surface area contributed by atoms with Gasteiger partial charge in [0, 0.05) is 11.1 Å². The van der Waals surface area contributed by atoms with E-state index in [0.717, 1.165) is 43.9 Å². The predicted octanol–water partition coefficient (Wildman–Crippen LogP) is 10.5. The first kappa shape index (κ1) is 36.1. The molecule has 40 heavy (non-hydrogen) atoms. The van der Waals surface area contributed by atoms with Crippen LogP contribution in [0.1, 0.15) is 157 Å². The molecule has 1 aliphatic heterocycles. The van der Waals surface area contributed by atoms with Gasteiger partial charge in [-0.15, -0.1) is 0 Å². The van der Waals surface area contributed by atoms with Crippen LogP contribution in [-0.4, -0.2) is 17.4 Å². The van der Waals surface area contributed by atoms with Crippen molar-refractivity contribution in [2.24, 2.45) is 11.8 Å². The van der Waals surface area contributed by atoms with Crippen LogP contribution in [0.4, 0.5) is 0 Å². The minimum Gasteiger partial charge on any atom is -0.451 e. The molecule has 1 aromatic carbocycles. The van der Waals surface area contributed by atoms with E-state index < -0.39 is 5.60 Å². The number of esters is 1. The van der Waals surface area contributed by atoms with Gasteiger partial charge in [0.05, 0.1) is 0 Å². The minimum absolute atomic E-state index is 0.0297. The average Bonchev–Trinajstić information content (AvgIpc) is 3.45. The van der Waals surface area contributed by atoms with Gasteiger partial charge in [0.25, 0.3) is 0 Å². The van der Waals surface area contributed by atoms with Gasteiger partial charge in [-0.05, 0) is 86.3 Å². The number of rotatable bonds is 13. The molecule has 0 amide bonds. The molecule has 2 aliphatic rings. The third kappa shape index (κ3) is 9.88. The Morgan fingerprint density at radius 3 is 2.02 bits per heavy atom. The second kappa shape index (κ2) is 17.1. The summed E-state index contributed by atoms with van der Waals surface area (Å²) in [4.78, 5) is 23.5. The van der Waals surface area contributed by atoms with E-state index in [1.54, 1.807) is 23.6 Å². The molecule has 3 atom stereocenters. The van der Waals surface area contributed by atoms with E-state index in [0.29, 0.717) is 16.6 Å². The molecular formula is C37H62O3. The van der Waals surface area contributed by atoms with Crippen molar-refractivity contribution >= 4 is 11.8 Å². The first-order chi connectivity index (χ1) is 18.9. The number of carbonyl (C=O) groups is 2. The van der Waals surface area contributed by atoms with E-state index in [9.17, 15) is 9.59 Å². The Bertz CT molecular complexity index is 972. The monoisotopic (exact) mass is 554 g/mol. The molecule has 0 saturated heterocycles. The topological polar surface area (TPSA) is 43.4 Å². The Morgan fingerprint density at radius 1 is 0.975 bits per heavy atom. The first-order valence-electron chi connectivity index (χ1n) is 16.4. The lowest BCUT2D eigenvalue weighted by atomic mass is 9.82. The highest BCUT2D eigenvalue weighted by atomic mass is 16.6. The molecule has 3 rings (SSSR count). The highest BCUT2D eigenvalue weighted by Crippen LogP contribution is 2.53. The number of cyclic esters (lactones) is 1. The van der Waals surface area contributed by atoms with Crippen LogP contribution < -0.4 is 0 Å². The standard InChI is InChI=1S/C16H24.C14H22O3.C7H16/c1-5-7-14-8-9-15(10-13(14)6-2)16(4)11-12(16)3;1-5-7-9-14(8-6-2)12(11(4)15)10(3)13(16)17-14;1-4-5-6-7(2)3/h8-10,12H,5-7,11H2,1-4H3;5-9H2,1-4H3;7H,4-6H2,1-3H3. The highest BCUT2D eigenvalue weighted by Gasteiger charge is 2.48. The lowest BCUT2D eigenvalue weighted by Gasteiger charge is -2.30. The summed E-state index contributed by atoms with van der Waals surface area (Å²) in [5.74, 6) is 1.42. The molecule has 3 heteroatoms. The van der Waals surface area contributed by atoms with Crippen molar-refractivity contribution in [2.45, 2.75) is 164 Å². The van der Waals surface area contributed by atoms with E-state index in [1.807, 2.05) is 6.92 Å². The van der Waals surface area contributed by atoms with Gasteiger partial charge in [-0.25, -0.2) is 4.79 Å². The maximum absolute atomic E-state index is 11.8. The summed E-state index contributed by atoms with van der Waals surface area (Å²) in [7, 11) is 0. The molecule has 0 radical (unpaired) electrons. The van der Waals surface area contributed by atoms with Crippen molar-refractivity contribution in [3.8, 4) is 0 Å². The molecule has 0 N–H and O–H groups in total. The second-order valence-corrected chi connectivity index (χ2v) is 12.9. The zero-order valence-electron chi connectivity index (χ0n) is 28.1. The summed E-state index contributed by atoms with van der Waals surface area (Å²) >= 11 is 0. The summed E-state index contributed by atoms with van der Waals surface area (Å²) in [5.41, 5.74) is 5.65. The van der Waals surface area contributed by atoms with Crippen LogP contribution in [0.2, 0.25) is 0 Å². The lowest BCUT2D eigenvalue weighted by Crippen LogP contribution is -2.34. The van der Waals surface area contributed by atoms with Crippen LogP contribution in [0.25, 0.3) is 0 Å². The number of unbranched alkanes of at least 4 members (excludes halogenated alkanes) is 2. The van der Waals surface area contributed by atoms with Gasteiger partial charge in [-0.1, -0.05) is 119 Å². The smallest absolute Gasteiger partial charge is 0.335 e. The normalized spacial score (nSPS) is 23.3. The summed E-state index contributed by atoms with van der Waals surface area (Å²) in [6.07, 6.45) is 13.6. The van der Waals surface area contributed by atoms with E-state index in [2.05, 4.69) is 73.6 Å². The highest BCUT2D eigenvalue weighted by molar-refractivity contribution is 6.07. The summed E-state index contributed by atoms with van der Waals surface area (Å²) < 4.78 is 5.54. The van der Waals surface area contributed by atoms with E-state index in [-0.39, 0.29) is 11.8 Å². The third-order valence-electron chi connectivity index (χ3n) is 8.92. The van der Waals surface area contributed by atoms with Gasteiger partial charge < -0.3 is 4.74 Å². The molecule has 0 spiro atoms. The van der Waals surface area contributed by atoms with Crippen molar-refractivity contribution in [1.82, 2.24) is 0 Å². The molecule has 3 unspecified atom stereocenters. The fraction of sp³-hybridized carbons (Fsp3) is 0.730. The fourth-order valence-electron chi connectivity index (χ4n) is 6.09. The Labute approximate surface area is 247 Å². The predicted molar refractivity (Wildman–Crippen MR) is 172 cm³/mol. The van der Waals surface area contributed by atoms with E-state index in [4.69, 9.17) is 4.74 Å². The number of hydrogen-bond donors (Lipinski definition) is 0. The largest absolute Gasteiger partial charge is 0.451 e. The number of hydrogen-bond acceptors (Lipinski definition) is 3. The van der Waals surface area contributed by atoms with Gasteiger partial charge in [0.1, 0.15) is 5.60 Å². The quantitative estimate of drug-likeness (QED) is 0.228. The molecular weight excluding hydrogens is 492 g/mol. The second-order valence-electron chi connectivity index (χ2n) is 12.9. The van der Waals surface area contributed by atoms with Crippen LogP contribution in [0, 0.1) is 11.8 Å². The maximum atomic E-state index is 11.8. The SMILES string of the molecule is CCCCC(C)C.CCCCC1(CCC)OC(=O)C(C)=C1C(C)=O.CCCc1ccc(C2(C)CC2C)cc1CC. The van der Waals surface area contributed by atoms with Gasteiger partial charge in [-0.3, -0.25) is 4.79 Å². The molecule has 0 aromatic heterocycles. The van der Waals surface area contributed by atoms with Gasteiger partial charge in [0.2, 0.25) is 0 Å². The molecule has 1 aromatic rings. The number of aryl methyl sites for hydroxylation is 2. The first-order valence-corrected chi connectivity index (χ1v) is 16.4. The maximum Gasteiger partial charge on any atom is 0.335 e. The summed E-state index contributed by atoms with van der Waals surface area (Å²) in [6, 6.07) is 7.20. The molecule has 0 bridgehead atoms. The van der Waals surface area contributed by atoms with Crippen molar-refractivity contribution in [1.29, 1.82) is 0 Å². The Kier molecular flexibility index (Phi) is 15.5. The molecule has 228 valence electrons. The number of ether oxygens (including phenoxy) is 1. The van der Waals surface area contributed by atoms with Crippen molar-refractivity contribution in [2.75, 3.05) is 0 Å². The molecule has 3 nitrogen and oxygen atoms in total. The Morgan fingerprint density at radius 2 is 1.60 bits per heavy atom. The zero-order chi connectivity index (χ0) is 30.5. The number of ketones is 1. The fourth-order valence-corrected chi connectivity index (χ4v) is 6.09. The van der Waals surface area contributed by atoms with E-state index in [1.165, 1.54) is 51.9 Å². The molecule has 1 heterocycles. The van der Waals surface area contributed by atoms with E-state index >= 15 is 0 Å². The molecule has 1 aliphatic carbocycles. The van der Waals surface area contributed by atoms with Crippen LogP contribution in [0.15, 0.2) is 29.3 Å². The van der Waals surface area contributed by atoms with Crippen molar-refractivity contribution in [3.63, 3.8) is 0 Å². The lowest BCUT2D eigenvalue weighted by molar-refractivity contribution is -0.148. The Hall–Kier alpha value is -1.90. The molecule has 1 saturated carbocycles. The van der Waals surface area contributed by atoms with Gasteiger partial charge >= 0.3 is 5.97 Å². The van der Waals surface area contributed by atoms with Crippen LogP contribution in [0.3, 0.4) is 0 Å². The van der Waals surface area contributed by atoms with Crippen molar-refractivity contribution < 1.29 is 14.3 Å². The number of benzene rings is 1. The number of Topliss-reactive ketones (excluding diaryl/α,β-unsaturated/α-hetero) is 1. The third-order valence-corrected chi connectivity index (χ3v) is 8.92. The van der Waals surface area contributed by atoms with Gasteiger partial charge in [-0.2, -0.15) is 0 Å². The van der Waals surface area contributed by atoms with Gasteiger partial charge in [0.15, 0.2) is 5.78 Å². The summed E-state index contributed by atoms with van der Waals surface area (Å²) in [6.45, 7) is 23.5. The Balaban J connectivity index is 0.000000326.